The summed E-state index contributed by atoms with van der Waals surface area (Å²) in [5.41, 5.74) is 3.29. The van der Waals surface area contributed by atoms with Crippen LogP contribution < -0.4 is 10.1 Å². The van der Waals surface area contributed by atoms with Gasteiger partial charge in [0.25, 0.3) is 0 Å². The molecule has 0 aliphatic carbocycles. The minimum atomic E-state index is 0.536. The largest absolute Gasteiger partial charge is 0.493 e. The molecule has 0 fully saturated rings. The Hall–Kier alpha value is -1.09. The van der Waals surface area contributed by atoms with Gasteiger partial charge in [-0.05, 0) is 35.7 Å². The van der Waals surface area contributed by atoms with Crippen LogP contribution in [0.25, 0.3) is 0 Å². The number of benzene rings is 2. The van der Waals surface area contributed by atoms with E-state index in [1.165, 1.54) is 11.1 Å². The highest BCUT2D eigenvalue weighted by atomic mass is 35.5. The second-order valence-corrected chi connectivity index (χ2v) is 6.21. The van der Waals surface area contributed by atoms with Crippen molar-refractivity contribution < 1.29 is 4.74 Å². The Balaban J connectivity index is 1.64. The summed E-state index contributed by atoms with van der Waals surface area (Å²) < 4.78 is 5.51. The number of halogens is 3. The molecular weight excluding hydrogens is 329 g/mol. The normalized spacial score (nSPS) is 12.9. The lowest BCUT2D eigenvalue weighted by molar-refractivity contribution is 0.357. The maximum atomic E-state index is 6.15. The molecule has 1 heterocycles. The van der Waals surface area contributed by atoms with Gasteiger partial charge in [-0.1, -0.05) is 46.9 Å². The van der Waals surface area contributed by atoms with Gasteiger partial charge in [0.1, 0.15) is 5.75 Å². The highest BCUT2D eigenvalue weighted by Gasteiger charge is 2.12. The van der Waals surface area contributed by atoms with Crippen LogP contribution in [0.3, 0.4) is 0 Å². The van der Waals surface area contributed by atoms with Crippen LogP contribution in [0.4, 0.5) is 5.69 Å². The molecule has 1 N–H and O–H groups in total. The molecular formula is C16H14Cl3NO. The smallest absolute Gasteiger partial charge is 0.122 e. The summed E-state index contributed by atoms with van der Waals surface area (Å²) in [7, 11) is 0. The molecule has 2 aromatic rings. The van der Waals surface area contributed by atoms with E-state index in [9.17, 15) is 0 Å². The molecule has 0 saturated heterocycles. The summed E-state index contributed by atoms with van der Waals surface area (Å²) in [6.45, 7) is 1.54. The van der Waals surface area contributed by atoms with Gasteiger partial charge in [-0.3, -0.25) is 0 Å². The van der Waals surface area contributed by atoms with Gasteiger partial charge in [-0.15, -0.1) is 0 Å². The van der Waals surface area contributed by atoms with Crippen LogP contribution in [-0.4, -0.2) is 13.2 Å². The molecule has 2 aromatic carbocycles. The standard InChI is InChI=1S/C16H14Cl3NO/c17-12-8-13(18)16(14(19)9-12)20-5-3-10-1-2-15-11(7-10)4-6-21-15/h1-2,7-9,20H,3-6H2. The lowest BCUT2D eigenvalue weighted by Gasteiger charge is -2.11. The number of hydrogen-bond donors (Lipinski definition) is 1. The molecule has 21 heavy (non-hydrogen) atoms. The zero-order valence-electron chi connectivity index (χ0n) is 11.3. The predicted octanol–water partition coefficient (Wildman–Crippen LogP) is 5.24. The van der Waals surface area contributed by atoms with E-state index in [1.807, 2.05) is 6.07 Å². The summed E-state index contributed by atoms with van der Waals surface area (Å²) in [4.78, 5) is 0. The molecule has 0 bridgehead atoms. The van der Waals surface area contributed by atoms with Crippen LogP contribution in [0.1, 0.15) is 11.1 Å². The Morgan fingerprint density at radius 1 is 1.05 bits per heavy atom. The highest BCUT2D eigenvalue weighted by Crippen LogP contribution is 2.33. The van der Waals surface area contributed by atoms with Crippen LogP contribution >= 0.6 is 34.8 Å². The fraction of sp³-hybridized carbons (Fsp3) is 0.250. The lowest BCUT2D eigenvalue weighted by Crippen LogP contribution is -2.06. The van der Waals surface area contributed by atoms with E-state index < -0.39 is 0 Å². The average Bonchev–Trinajstić information content (AvgIpc) is 2.89. The summed E-state index contributed by atoms with van der Waals surface area (Å²) in [6, 6.07) is 9.71. The topological polar surface area (TPSA) is 21.3 Å². The minimum absolute atomic E-state index is 0.536. The van der Waals surface area contributed by atoms with Crippen molar-refractivity contribution in [3.8, 4) is 5.75 Å². The molecule has 2 nitrogen and oxygen atoms in total. The fourth-order valence-corrected chi connectivity index (χ4v) is 3.39. The Labute approximate surface area is 139 Å². The lowest BCUT2D eigenvalue weighted by atomic mass is 10.1. The molecule has 0 amide bonds. The van der Waals surface area contributed by atoms with E-state index in [0.717, 1.165) is 37.4 Å². The second kappa shape index (κ2) is 6.35. The van der Waals surface area contributed by atoms with Crippen molar-refractivity contribution >= 4 is 40.5 Å². The van der Waals surface area contributed by atoms with Gasteiger partial charge in [0.2, 0.25) is 0 Å². The van der Waals surface area contributed by atoms with Gasteiger partial charge in [-0.2, -0.15) is 0 Å². The van der Waals surface area contributed by atoms with Crippen molar-refractivity contribution in [3.05, 3.63) is 56.5 Å². The number of hydrogen-bond acceptors (Lipinski definition) is 2. The Morgan fingerprint density at radius 2 is 1.81 bits per heavy atom. The molecule has 3 rings (SSSR count). The van der Waals surface area contributed by atoms with Crippen LogP contribution in [0.2, 0.25) is 15.1 Å². The maximum Gasteiger partial charge on any atom is 0.122 e. The summed E-state index contributed by atoms with van der Waals surface area (Å²) in [5.74, 6) is 1.01. The quantitative estimate of drug-likeness (QED) is 0.820. The first-order valence-electron chi connectivity index (χ1n) is 6.76. The molecule has 1 aliphatic heterocycles. The Morgan fingerprint density at radius 3 is 2.57 bits per heavy atom. The van der Waals surface area contributed by atoms with Crippen molar-refractivity contribution in [2.45, 2.75) is 12.8 Å². The first kappa shape index (κ1) is 14.8. The second-order valence-electron chi connectivity index (χ2n) is 4.96. The zero-order chi connectivity index (χ0) is 14.8. The third-order valence-electron chi connectivity index (χ3n) is 3.48. The summed E-state index contributed by atoms with van der Waals surface area (Å²) >= 11 is 18.2. The third-order valence-corrected chi connectivity index (χ3v) is 4.29. The molecule has 110 valence electrons. The van der Waals surface area contributed by atoms with E-state index >= 15 is 0 Å². The maximum absolute atomic E-state index is 6.15. The van der Waals surface area contributed by atoms with Crippen LogP contribution in [0.15, 0.2) is 30.3 Å². The molecule has 0 saturated carbocycles. The van der Waals surface area contributed by atoms with Gasteiger partial charge in [0.15, 0.2) is 0 Å². The number of anilines is 1. The molecule has 0 aromatic heterocycles. The van der Waals surface area contributed by atoms with Crippen molar-refractivity contribution in [1.82, 2.24) is 0 Å². The molecule has 0 atom stereocenters. The molecule has 0 unspecified atom stereocenters. The molecule has 5 heteroatoms. The summed E-state index contributed by atoms with van der Waals surface area (Å²) in [5, 5.41) is 4.88. The van der Waals surface area contributed by atoms with E-state index in [0.29, 0.717) is 15.1 Å². The van der Waals surface area contributed by atoms with Gasteiger partial charge in [0, 0.05) is 18.0 Å². The monoisotopic (exact) mass is 341 g/mol. The van der Waals surface area contributed by atoms with Crippen molar-refractivity contribution in [3.63, 3.8) is 0 Å². The summed E-state index contributed by atoms with van der Waals surface area (Å²) in [6.07, 6.45) is 1.88. The van der Waals surface area contributed by atoms with Crippen molar-refractivity contribution in [2.24, 2.45) is 0 Å². The molecule has 1 aliphatic rings. The minimum Gasteiger partial charge on any atom is -0.493 e. The van der Waals surface area contributed by atoms with Gasteiger partial charge in [0.05, 0.1) is 22.3 Å². The van der Waals surface area contributed by atoms with Crippen molar-refractivity contribution in [2.75, 3.05) is 18.5 Å². The van der Waals surface area contributed by atoms with Crippen LogP contribution in [0, 0.1) is 0 Å². The van der Waals surface area contributed by atoms with Gasteiger partial charge < -0.3 is 10.1 Å². The van der Waals surface area contributed by atoms with Gasteiger partial charge in [-0.25, -0.2) is 0 Å². The fourth-order valence-electron chi connectivity index (χ4n) is 2.44. The Kier molecular flexibility index (Phi) is 4.48. The third kappa shape index (κ3) is 3.39. The van der Waals surface area contributed by atoms with Crippen LogP contribution in [-0.2, 0) is 12.8 Å². The van der Waals surface area contributed by atoms with E-state index in [-0.39, 0.29) is 0 Å². The average molecular weight is 343 g/mol. The van der Waals surface area contributed by atoms with E-state index in [4.69, 9.17) is 39.5 Å². The zero-order valence-corrected chi connectivity index (χ0v) is 13.5. The highest BCUT2D eigenvalue weighted by molar-refractivity contribution is 6.41. The Bertz CT molecular complexity index is 650. The molecule has 0 radical (unpaired) electrons. The number of ether oxygens (including phenoxy) is 1. The number of fused-ring (bicyclic) bond motifs is 1. The predicted molar refractivity (Wildman–Crippen MR) is 89.3 cm³/mol. The SMILES string of the molecule is Clc1cc(Cl)c(NCCc2ccc3c(c2)CCO3)c(Cl)c1. The number of nitrogens with one attached hydrogen (secondary N) is 1. The first-order chi connectivity index (χ1) is 10.1. The van der Waals surface area contributed by atoms with Crippen LogP contribution in [0.5, 0.6) is 5.75 Å². The van der Waals surface area contributed by atoms with E-state index in [1.54, 1.807) is 12.1 Å². The first-order valence-corrected chi connectivity index (χ1v) is 7.90. The van der Waals surface area contributed by atoms with Crippen molar-refractivity contribution in [1.29, 1.82) is 0 Å². The van der Waals surface area contributed by atoms with Gasteiger partial charge >= 0.3 is 0 Å². The molecule has 0 spiro atoms. The van der Waals surface area contributed by atoms with E-state index in [2.05, 4.69) is 17.4 Å². The number of rotatable bonds is 4.